The smallest absolute Gasteiger partial charge is 0.119 e. The highest BCUT2D eigenvalue weighted by atomic mass is 16.5. The summed E-state index contributed by atoms with van der Waals surface area (Å²) in [5, 5.41) is 0. The van der Waals surface area contributed by atoms with Gasteiger partial charge in [0.05, 0.1) is 17.6 Å². The van der Waals surface area contributed by atoms with E-state index in [1.165, 1.54) is 27.8 Å². The largest absolute Gasteiger partial charge is 0.494 e. The fraction of sp³-hybridized carbons (Fsp3) is 0.381. The van der Waals surface area contributed by atoms with Crippen molar-refractivity contribution in [2.75, 3.05) is 6.61 Å². The Labute approximate surface area is 144 Å². The molecule has 0 unspecified atom stereocenters. The van der Waals surface area contributed by atoms with Crippen LogP contribution in [-0.4, -0.2) is 16.2 Å². The maximum Gasteiger partial charge on any atom is 0.119 e. The Hall–Kier alpha value is -2.29. The minimum atomic E-state index is 0.715. The summed E-state index contributed by atoms with van der Waals surface area (Å²) in [6.45, 7) is 12.2. The maximum absolute atomic E-state index is 5.93. The number of hydrogen-bond acceptors (Lipinski definition) is 2. The van der Waals surface area contributed by atoms with Gasteiger partial charge in [0.15, 0.2) is 0 Å². The van der Waals surface area contributed by atoms with Crippen LogP contribution in [0, 0.1) is 34.6 Å². The second-order valence-electron chi connectivity index (χ2n) is 6.76. The van der Waals surface area contributed by atoms with Gasteiger partial charge in [-0.05, 0) is 87.6 Å². The van der Waals surface area contributed by atoms with Gasteiger partial charge in [-0.3, -0.25) is 0 Å². The molecule has 0 amide bonds. The van der Waals surface area contributed by atoms with Gasteiger partial charge < -0.3 is 9.30 Å². The molecule has 0 N–H and O–H groups in total. The van der Waals surface area contributed by atoms with Crippen LogP contribution in [0.25, 0.3) is 11.0 Å². The molecule has 2 aromatic carbocycles. The molecule has 0 saturated carbocycles. The lowest BCUT2D eigenvalue weighted by Gasteiger charge is -2.10. The van der Waals surface area contributed by atoms with Gasteiger partial charge in [0.25, 0.3) is 0 Å². The van der Waals surface area contributed by atoms with Crippen molar-refractivity contribution in [3.8, 4) is 5.75 Å². The summed E-state index contributed by atoms with van der Waals surface area (Å²) < 4.78 is 8.23. The average Bonchev–Trinajstić information content (AvgIpc) is 2.78. The lowest BCUT2D eigenvalue weighted by atomic mass is 10.1. The molecule has 3 heteroatoms. The van der Waals surface area contributed by atoms with Gasteiger partial charge in [0, 0.05) is 6.54 Å². The van der Waals surface area contributed by atoms with Crippen LogP contribution in [0.5, 0.6) is 5.75 Å². The van der Waals surface area contributed by atoms with E-state index >= 15 is 0 Å². The average molecular weight is 322 g/mol. The first-order chi connectivity index (χ1) is 11.4. The van der Waals surface area contributed by atoms with E-state index in [2.05, 4.69) is 69.5 Å². The Balaban J connectivity index is 1.67. The Morgan fingerprint density at radius 2 is 1.54 bits per heavy atom. The van der Waals surface area contributed by atoms with Gasteiger partial charge >= 0.3 is 0 Å². The highest BCUT2D eigenvalue weighted by Gasteiger charge is 2.09. The summed E-state index contributed by atoms with van der Waals surface area (Å²) in [4.78, 5) is 4.70. The number of ether oxygens (including phenoxy) is 1. The molecule has 0 fully saturated rings. The molecule has 0 aliphatic rings. The Bertz CT molecular complexity index is 857. The predicted octanol–water partition coefficient (Wildman–Crippen LogP) is 5.05. The van der Waals surface area contributed by atoms with E-state index in [0.29, 0.717) is 6.61 Å². The third kappa shape index (κ3) is 3.45. The van der Waals surface area contributed by atoms with Crippen LogP contribution >= 0.6 is 0 Å². The summed E-state index contributed by atoms with van der Waals surface area (Å²) in [5.41, 5.74) is 7.41. The number of aromatic nitrogens is 2. The van der Waals surface area contributed by atoms with E-state index in [0.717, 1.165) is 30.1 Å². The number of nitrogens with zero attached hydrogens (tertiary/aromatic N) is 2. The Kier molecular flexibility index (Phi) is 4.61. The van der Waals surface area contributed by atoms with Gasteiger partial charge in [-0.2, -0.15) is 0 Å². The van der Waals surface area contributed by atoms with Crippen molar-refractivity contribution in [1.29, 1.82) is 0 Å². The molecule has 3 aromatic rings. The standard InChI is InChI=1S/C21H26N2O/c1-14-9-15(2)11-19(10-14)24-8-6-7-23-18(5)22-20-12-16(3)17(4)13-21(20)23/h9-13H,6-8H2,1-5H3. The van der Waals surface area contributed by atoms with Crippen LogP contribution in [0.2, 0.25) is 0 Å². The van der Waals surface area contributed by atoms with E-state index in [4.69, 9.17) is 9.72 Å². The topological polar surface area (TPSA) is 27.1 Å². The van der Waals surface area contributed by atoms with Crippen LogP contribution in [0.15, 0.2) is 30.3 Å². The molecule has 0 aliphatic heterocycles. The molecule has 1 aromatic heterocycles. The van der Waals surface area contributed by atoms with Gasteiger partial charge in [-0.25, -0.2) is 4.98 Å². The number of aryl methyl sites for hydroxylation is 6. The number of imidazole rings is 1. The highest BCUT2D eigenvalue weighted by molar-refractivity contribution is 5.78. The van der Waals surface area contributed by atoms with Crippen LogP contribution in [-0.2, 0) is 6.54 Å². The number of hydrogen-bond donors (Lipinski definition) is 0. The monoisotopic (exact) mass is 322 g/mol. The van der Waals surface area contributed by atoms with Crippen molar-refractivity contribution in [3.63, 3.8) is 0 Å². The summed E-state index contributed by atoms with van der Waals surface area (Å²) >= 11 is 0. The second-order valence-corrected chi connectivity index (χ2v) is 6.76. The number of benzene rings is 2. The lowest BCUT2D eigenvalue weighted by molar-refractivity contribution is 0.301. The SMILES string of the molecule is Cc1cc(C)cc(OCCCn2c(C)nc3cc(C)c(C)cc32)c1. The molecule has 0 spiro atoms. The minimum absolute atomic E-state index is 0.715. The van der Waals surface area contributed by atoms with E-state index in [9.17, 15) is 0 Å². The molecule has 0 bridgehead atoms. The van der Waals surface area contributed by atoms with Crippen molar-refractivity contribution in [1.82, 2.24) is 9.55 Å². The van der Waals surface area contributed by atoms with Crippen LogP contribution < -0.4 is 4.74 Å². The predicted molar refractivity (Wildman–Crippen MR) is 100.0 cm³/mol. The van der Waals surface area contributed by atoms with Crippen molar-refractivity contribution >= 4 is 11.0 Å². The van der Waals surface area contributed by atoms with Crippen molar-refractivity contribution in [2.45, 2.75) is 47.6 Å². The zero-order chi connectivity index (χ0) is 17.3. The summed E-state index contributed by atoms with van der Waals surface area (Å²) in [7, 11) is 0. The zero-order valence-corrected chi connectivity index (χ0v) is 15.3. The summed E-state index contributed by atoms with van der Waals surface area (Å²) in [5.74, 6) is 2.03. The molecular weight excluding hydrogens is 296 g/mol. The Morgan fingerprint density at radius 3 is 2.25 bits per heavy atom. The fourth-order valence-corrected chi connectivity index (χ4v) is 3.21. The van der Waals surface area contributed by atoms with Gasteiger partial charge in [0.1, 0.15) is 11.6 Å². The first-order valence-corrected chi connectivity index (χ1v) is 8.59. The van der Waals surface area contributed by atoms with Crippen LogP contribution in [0.3, 0.4) is 0 Å². The van der Waals surface area contributed by atoms with E-state index in [-0.39, 0.29) is 0 Å². The second kappa shape index (κ2) is 6.68. The van der Waals surface area contributed by atoms with Crippen LogP contribution in [0.1, 0.15) is 34.5 Å². The first-order valence-electron chi connectivity index (χ1n) is 8.59. The van der Waals surface area contributed by atoms with Crippen molar-refractivity contribution < 1.29 is 4.74 Å². The fourth-order valence-electron chi connectivity index (χ4n) is 3.21. The lowest BCUT2D eigenvalue weighted by Crippen LogP contribution is -2.06. The molecule has 0 atom stereocenters. The Morgan fingerprint density at radius 1 is 0.875 bits per heavy atom. The maximum atomic E-state index is 5.93. The quantitative estimate of drug-likeness (QED) is 0.615. The molecule has 0 radical (unpaired) electrons. The summed E-state index contributed by atoms with van der Waals surface area (Å²) in [6, 6.07) is 10.8. The number of rotatable bonds is 5. The van der Waals surface area contributed by atoms with Gasteiger partial charge in [0.2, 0.25) is 0 Å². The zero-order valence-electron chi connectivity index (χ0n) is 15.3. The molecule has 0 saturated heterocycles. The molecule has 126 valence electrons. The summed E-state index contributed by atoms with van der Waals surface area (Å²) in [6.07, 6.45) is 0.964. The number of fused-ring (bicyclic) bond motifs is 1. The molecule has 3 rings (SSSR count). The van der Waals surface area contributed by atoms with Crippen LogP contribution in [0.4, 0.5) is 0 Å². The normalized spacial score (nSPS) is 11.2. The molecular formula is C21H26N2O. The third-order valence-corrected chi connectivity index (χ3v) is 4.54. The van der Waals surface area contributed by atoms with Gasteiger partial charge in [-0.1, -0.05) is 6.07 Å². The van der Waals surface area contributed by atoms with E-state index < -0.39 is 0 Å². The van der Waals surface area contributed by atoms with Crippen molar-refractivity contribution in [3.05, 3.63) is 58.4 Å². The van der Waals surface area contributed by atoms with E-state index in [1.807, 2.05) is 0 Å². The molecule has 3 nitrogen and oxygen atoms in total. The van der Waals surface area contributed by atoms with Crippen molar-refractivity contribution in [2.24, 2.45) is 0 Å². The molecule has 0 aliphatic carbocycles. The third-order valence-electron chi connectivity index (χ3n) is 4.54. The first kappa shape index (κ1) is 16.6. The molecule has 24 heavy (non-hydrogen) atoms. The molecule has 1 heterocycles. The van der Waals surface area contributed by atoms with E-state index in [1.54, 1.807) is 0 Å². The van der Waals surface area contributed by atoms with Gasteiger partial charge in [-0.15, -0.1) is 0 Å². The highest BCUT2D eigenvalue weighted by Crippen LogP contribution is 2.21. The minimum Gasteiger partial charge on any atom is -0.494 e.